The normalized spacial score (nSPS) is 8.80. The molecule has 3 aromatic carbocycles. The first-order chi connectivity index (χ1) is 14.7. The zero-order chi connectivity index (χ0) is 21.9. The lowest BCUT2D eigenvalue weighted by Gasteiger charge is -2.05. The van der Waals surface area contributed by atoms with Crippen LogP contribution in [0.25, 0.3) is 12.2 Å². The third-order valence-electron chi connectivity index (χ3n) is 3.58. The van der Waals surface area contributed by atoms with Gasteiger partial charge in [-0.05, 0) is 23.3 Å². The van der Waals surface area contributed by atoms with E-state index < -0.39 is 5.97 Å². The summed E-state index contributed by atoms with van der Waals surface area (Å²) in [6.07, 6.45) is 4.79. The van der Waals surface area contributed by atoms with Crippen LogP contribution in [-0.4, -0.2) is 19.2 Å². The first-order valence-corrected chi connectivity index (χ1v) is 9.51. The lowest BCUT2D eigenvalue weighted by Crippen LogP contribution is -2.09. The molecule has 3 nitrogen and oxygen atoms in total. The van der Waals surface area contributed by atoms with Gasteiger partial charge in [-0.2, -0.15) is 0 Å². The molecule has 3 heteroatoms. The molecular weight excluding hydrogens is 372 g/mol. The number of hydrogen-bond acceptors (Lipinski definition) is 3. The van der Waals surface area contributed by atoms with Crippen molar-refractivity contribution in [3.8, 4) is 5.75 Å². The molecule has 0 saturated heterocycles. The van der Waals surface area contributed by atoms with E-state index in [2.05, 4.69) is 19.7 Å². The second-order valence-electron chi connectivity index (χ2n) is 5.76. The molecule has 0 atom stereocenters. The molecule has 0 fully saturated rings. The van der Waals surface area contributed by atoms with E-state index in [-0.39, 0.29) is 6.61 Å². The molecule has 0 N–H and O–H groups in total. The smallest absolute Gasteiger partial charge is 0.330 e. The molecule has 0 aromatic heterocycles. The highest BCUT2D eigenvalue weighted by molar-refractivity contribution is 5.81. The van der Waals surface area contributed by atoms with E-state index in [9.17, 15) is 4.79 Å². The van der Waals surface area contributed by atoms with Gasteiger partial charge in [0.25, 0.3) is 0 Å². The average molecular weight is 401 g/mol. The summed E-state index contributed by atoms with van der Waals surface area (Å²) >= 11 is 0. The number of carbonyl (C=O) groups is 1. The summed E-state index contributed by atoms with van der Waals surface area (Å²) < 4.78 is 10.0. The molecule has 0 bridgehead atoms. The summed E-state index contributed by atoms with van der Waals surface area (Å²) in [6, 6.07) is 29.4. The van der Waals surface area contributed by atoms with Crippen LogP contribution in [-0.2, 0) is 9.53 Å². The molecule has 0 aliphatic carbocycles. The maximum absolute atomic E-state index is 10.6. The lowest BCUT2D eigenvalue weighted by molar-refractivity contribution is -0.138. The molecule has 3 rings (SSSR count). The van der Waals surface area contributed by atoms with Crippen molar-refractivity contribution in [2.75, 3.05) is 13.2 Å². The predicted molar refractivity (Wildman–Crippen MR) is 126 cm³/mol. The summed E-state index contributed by atoms with van der Waals surface area (Å²) in [6.45, 7) is 11.1. The minimum absolute atomic E-state index is 0.236. The summed E-state index contributed by atoms with van der Waals surface area (Å²) in [5.74, 6) is 0.337. The van der Waals surface area contributed by atoms with E-state index in [0.717, 1.165) is 11.8 Å². The van der Waals surface area contributed by atoms with Gasteiger partial charge in [-0.25, -0.2) is 4.79 Å². The van der Waals surface area contributed by atoms with Gasteiger partial charge < -0.3 is 9.47 Å². The highest BCUT2D eigenvalue weighted by Crippen LogP contribution is 2.07. The Balaban J connectivity index is 0.000000240. The molecule has 30 heavy (non-hydrogen) atoms. The fourth-order valence-corrected chi connectivity index (χ4v) is 2.06. The summed E-state index contributed by atoms with van der Waals surface area (Å²) in [4.78, 5) is 10.6. The SMILES string of the molecule is C=CC(=O)OCCOc1ccccc1.C=Cc1ccccc1.C=Cc1ccccc1. The standard InChI is InChI=1S/C11H12O3.2C8H8/c1-2-11(12)14-9-8-13-10-6-4-3-5-7-10;2*1-2-8-6-4-3-5-7-8/h2-7H,1,8-9H2;2*2-7H,1H2. The van der Waals surface area contributed by atoms with E-state index in [1.165, 1.54) is 11.1 Å². The number of para-hydroxylation sites is 1. The number of hydrogen-bond donors (Lipinski definition) is 0. The molecule has 0 aliphatic heterocycles. The molecule has 0 heterocycles. The minimum Gasteiger partial charge on any atom is -0.490 e. The van der Waals surface area contributed by atoms with Gasteiger partial charge in [-0.1, -0.05) is 111 Å². The van der Waals surface area contributed by atoms with Gasteiger partial charge in [0.15, 0.2) is 0 Å². The Morgan fingerprint density at radius 3 is 1.47 bits per heavy atom. The average Bonchev–Trinajstić information content (AvgIpc) is 2.84. The van der Waals surface area contributed by atoms with Crippen molar-refractivity contribution >= 4 is 18.1 Å². The molecule has 154 valence electrons. The molecule has 0 spiro atoms. The Morgan fingerprint density at radius 1 is 0.667 bits per heavy atom. The minimum atomic E-state index is -0.429. The number of ether oxygens (including phenoxy) is 2. The highest BCUT2D eigenvalue weighted by Gasteiger charge is 1.95. The van der Waals surface area contributed by atoms with Crippen LogP contribution in [0.2, 0.25) is 0 Å². The molecule has 0 radical (unpaired) electrons. The molecule has 0 amide bonds. The van der Waals surface area contributed by atoms with Crippen LogP contribution < -0.4 is 4.74 Å². The predicted octanol–water partition coefficient (Wildman–Crippen LogP) is 6.45. The van der Waals surface area contributed by atoms with Gasteiger partial charge in [0.05, 0.1) is 0 Å². The van der Waals surface area contributed by atoms with Gasteiger partial charge in [-0.15, -0.1) is 0 Å². The van der Waals surface area contributed by atoms with E-state index in [0.29, 0.717) is 6.61 Å². The van der Waals surface area contributed by atoms with Gasteiger partial charge in [0.2, 0.25) is 0 Å². The summed E-state index contributed by atoms with van der Waals surface area (Å²) in [5, 5.41) is 0. The van der Waals surface area contributed by atoms with Crippen LogP contribution in [0.15, 0.2) is 117 Å². The second kappa shape index (κ2) is 16.1. The quantitative estimate of drug-likeness (QED) is 0.260. The zero-order valence-corrected chi connectivity index (χ0v) is 17.2. The van der Waals surface area contributed by atoms with Crippen LogP contribution in [0.3, 0.4) is 0 Å². The van der Waals surface area contributed by atoms with Gasteiger partial charge in [0.1, 0.15) is 19.0 Å². The number of rotatable bonds is 7. The van der Waals surface area contributed by atoms with Crippen molar-refractivity contribution in [1.29, 1.82) is 0 Å². The number of carbonyl (C=O) groups excluding carboxylic acids is 1. The van der Waals surface area contributed by atoms with Gasteiger partial charge in [0, 0.05) is 6.08 Å². The third kappa shape index (κ3) is 11.8. The molecule has 0 aliphatic rings. The number of benzene rings is 3. The van der Waals surface area contributed by atoms with Crippen LogP contribution >= 0.6 is 0 Å². The van der Waals surface area contributed by atoms with Crippen molar-refractivity contribution in [1.82, 2.24) is 0 Å². The largest absolute Gasteiger partial charge is 0.490 e. The maximum atomic E-state index is 10.6. The van der Waals surface area contributed by atoms with E-state index in [4.69, 9.17) is 9.47 Å². The van der Waals surface area contributed by atoms with Crippen LogP contribution in [0.4, 0.5) is 0 Å². The van der Waals surface area contributed by atoms with E-state index in [1.807, 2.05) is 103 Å². The highest BCUT2D eigenvalue weighted by atomic mass is 16.6. The second-order valence-corrected chi connectivity index (χ2v) is 5.76. The Morgan fingerprint density at radius 2 is 1.10 bits per heavy atom. The van der Waals surface area contributed by atoms with Gasteiger partial charge >= 0.3 is 5.97 Å². The Labute approximate surface area is 179 Å². The van der Waals surface area contributed by atoms with Gasteiger partial charge in [-0.3, -0.25) is 0 Å². The fourth-order valence-electron chi connectivity index (χ4n) is 2.06. The first kappa shape index (κ1) is 24.2. The first-order valence-electron chi connectivity index (χ1n) is 9.51. The van der Waals surface area contributed by atoms with Crippen molar-refractivity contribution in [2.45, 2.75) is 0 Å². The lowest BCUT2D eigenvalue weighted by atomic mass is 10.2. The van der Waals surface area contributed by atoms with Crippen molar-refractivity contribution in [3.63, 3.8) is 0 Å². The van der Waals surface area contributed by atoms with E-state index >= 15 is 0 Å². The van der Waals surface area contributed by atoms with Crippen molar-refractivity contribution in [2.24, 2.45) is 0 Å². The maximum Gasteiger partial charge on any atom is 0.330 e. The molecule has 3 aromatic rings. The van der Waals surface area contributed by atoms with Crippen LogP contribution in [0, 0.1) is 0 Å². The Kier molecular flexibility index (Phi) is 13.0. The van der Waals surface area contributed by atoms with Crippen LogP contribution in [0.1, 0.15) is 11.1 Å². The fraction of sp³-hybridized carbons (Fsp3) is 0.0741. The zero-order valence-electron chi connectivity index (χ0n) is 17.2. The Bertz CT molecular complexity index is 813. The van der Waals surface area contributed by atoms with Crippen molar-refractivity contribution in [3.05, 3.63) is 128 Å². The topological polar surface area (TPSA) is 35.5 Å². The summed E-state index contributed by atoms with van der Waals surface area (Å²) in [5.41, 5.74) is 2.35. The molecular formula is C27H28O3. The summed E-state index contributed by atoms with van der Waals surface area (Å²) in [7, 11) is 0. The van der Waals surface area contributed by atoms with Crippen LogP contribution in [0.5, 0.6) is 5.75 Å². The van der Waals surface area contributed by atoms with Crippen molar-refractivity contribution < 1.29 is 14.3 Å². The molecule has 0 unspecified atom stereocenters. The Hall–Kier alpha value is -3.85. The van der Waals surface area contributed by atoms with E-state index in [1.54, 1.807) is 0 Å². The molecule has 0 saturated carbocycles. The number of esters is 1. The third-order valence-corrected chi connectivity index (χ3v) is 3.58. The monoisotopic (exact) mass is 400 g/mol.